The maximum Gasteiger partial charge on any atom is 0.294 e. The van der Waals surface area contributed by atoms with Crippen molar-refractivity contribution in [1.82, 2.24) is 0 Å². The predicted molar refractivity (Wildman–Crippen MR) is 217 cm³/mol. The summed E-state index contributed by atoms with van der Waals surface area (Å²) in [6, 6.07) is 23.4. The maximum absolute atomic E-state index is 12.9. The minimum atomic E-state index is -4.71. The topological polar surface area (TPSA) is 283 Å². The first-order valence-corrected chi connectivity index (χ1v) is 21.1. The number of benzene rings is 6. The molecular formula is C38H27N7O11S3. The van der Waals surface area contributed by atoms with Crippen molar-refractivity contribution in [2.45, 2.75) is 21.6 Å². The molecule has 0 heterocycles. The molecule has 0 radical (unpaired) electrons. The highest BCUT2D eigenvalue weighted by Gasteiger charge is 2.22. The van der Waals surface area contributed by atoms with Crippen LogP contribution >= 0.6 is 0 Å². The Bertz CT molecular complexity index is 3240. The molecule has 0 bridgehead atoms. The smallest absolute Gasteiger partial charge is 0.294 e. The lowest BCUT2D eigenvalue weighted by Gasteiger charge is -2.14. The normalized spacial score (nSPS) is 14.1. The van der Waals surface area contributed by atoms with Crippen LogP contribution in [0.5, 0.6) is 0 Å². The van der Waals surface area contributed by atoms with Gasteiger partial charge in [0.1, 0.15) is 5.71 Å². The van der Waals surface area contributed by atoms with E-state index in [0.717, 1.165) is 18.2 Å². The molecule has 7 rings (SSSR count). The van der Waals surface area contributed by atoms with Gasteiger partial charge in [-0.1, -0.05) is 24.3 Å². The van der Waals surface area contributed by atoms with Crippen molar-refractivity contribution < 1.29 is 48.5 Å². The lowest BCUT2D eigenvalue weighted by molar-refractivity contribution is -0.114. The fourth-order valence-corrected chi connectivity index (χ4v) is 7.51. The molecule has 1 aliphatic carbocycles. The fourth-order valence-electron chi connectivity index (χ4n) is 5.99. The monoisotopic (exact) mass is 853 g/mol. The fraction of sp³-hybridized carbons (Fsp3) is 0.0263. The van der Waals surface area contributed by atoms with Gasteiger partial charge in [-0.25, -0.2) is 0 Å². The first-order chi connectivity index (χ1) is 27.8. The summed E-state index contributed by atoms with van der Waals surface area (Å²) in [5, 5.41) is 25.1. The number of rotatable bonds is 10. The molecule has 298 valence electrons. The van der Waals surface area contributed by atoms with E-state index in [1.165, 1.54) is 73.7 Å². The number of hydrazone groups is 1. The molecule has 1 aliphatic rings. The van der Waals surface area contributed by atoms with Crippen LogP contribution in [-0.2, 0) is 39.9 Å². The van der Waals surface area contributed by atoms with Crippen molar-refractivity contribution in [3.63, 3.8) is 0 Å². The van der Waals surface area contributed by atoms with E-state index in [4.69, 9.17) is 0 Å². The number of fused-ring (bicyclic) bond motifs is 3. The zero-order chi connectivity index (χ0) is 42.3. The summed E-state index contributed by atoms with van der Waals surface area (Å²) < 4.78 is 101. The van der Waals surface area contributed by atoms with Gasteiger partial charge >= 0.3 is 0 Å². The largest absolute Gasteiger partial charge is 0.326 e. The Labute approximate surface area is 335 Å². The van der Waals surface area contributed by atoms with Crippen LogP contribution < -0.4 is 10.7 Å². The molecule has 0 saturated heterocycles. The molecule has 6 aromatic carbocycles. The average Bonchev–Trinajstić information content (AvgIpc) is 3.18. The number of ketones is 1. The summed E-state index contributed by atoms with van der Waals surface area (Å²) in [4.78, 5) is 22.9. The Balaban J connectivity index is 1.28. The van der Waals surface area contributed by atoms with Crippen LogP contribution in [0.1, 0.15) is 18.1 Å². The van der Waals surface area contributed by atoms with Crippen molar-refractivity contribution in [1.29, 1.82) is 0 Å². The van der Waals surface area contributed by atoms with Gasteiger partial charge < -0.3 is 5.32 Å². The van der Waals surface area contributed by atoms with E-state index < -0.39 is 45.9 Å². The van der Waals surface area contributed by atoms with Crippen molar-refractivity contribution in [2.75, 3.05) is 10.7 Å². The number of nitrogens with one attached hydrogen (secondary N) is 2. The van der Waals surface area contributed by atoms with Crippen molar-refractivity contribution in [2.24, 2.45) is 25.6 Å². The molecule has 0 aromatic heterocycles. The highest BCUT2D eigenvalue weighted by Crippen LogP contribution is 2.39. The summed E-state index contributed by atoms with van der Waals surface area (Å²) in [5.41, 5.74) is 4.94. The molecule has 18 nitrogen and oxygen atoms in total. The highest BCUT2D eigenvalue weighted by molar-refractivity contribution is 7.86. The minimum absolute atomic E-state index is 0.0778. The SMILES string of the molecule is CC(=O)Nc1ccc(N=Nc2ccc(N=Nc3ccc(N/N=C4\C(=O)C=Cc5cc(S(=O)(=O)O)ccc54)c4ccc(S(=O)(=O)O)cc34)c3cc(S(=O)(=O)O)ccc23)cc1. The van der Waals surface area contributed by atoms with E-state index in [1.54, 1.807) is 30.3 Å². The van der Waals surface area contributed by atoms with Gasteiger partial charge in [-0.3, -0.25) is 28.7 Å². The quantitative estimate of drug-likeness (QED) is 0.0499. The number of carbonyl (C=O) groups is 2. The summed E-state index contributed by atoms with van der Waals surface area (Å²) in [6.07, 6.45) is 2.54. The second-order valence-electron chi connectivity index (χ2n) is 12.7. The number of azo groups is 2. The van der Waals surface area contributed by atoms with Gasteiger partial charge in [-0.2, -0.15) is 35.5 Å². The first-order valence-electron chi connectivity index (χ1n) is 16.8. The number of nitrogens with zero attached hydrogens (tertiary/aromatic N) is 5. The molecule has 59 heavy (non-hydrogen) atoms. The molecule has 21 heteroatoms. The van der Waals surface area contributed by atoms with Crippen LogP contribution in [0, 0.1) is 0 Å². The second-order valence-corrected chi connectivity index (χ2v) is 17.0. The van der Waals surface area contributed by atoms with Crippen LogP contribution in [0.4, 0.5) is 34.1 Å². The van der Waals surface area contributed by atoms with Gasteiger partial charge in [0, 0.05) is 39.7 Å². The number of carbonyl (C=O) groups excluding carboxylic acids is 2. The summed E-state index contributed by atoms with van der Waals surface area (Å²) in [5.74, 6) is -0.771. The molecule has 0 unspecified atom stereocenters. The van der Waals surface area contributed by atoms with Gasteiger partial charge in [-0.05, 0) is 96.6 Å². The molecule has 1 amide bonds. The van der Waals surface area contributed by atoms with Gasteiger partial charge in [0.05, 0.1) is 43.1 Å². The van der Waals surface area contributed by atoms with Gasteiger partial charge in [-0.15, -0.1) is 15.3 Å². The third kappa shape index (κ3) is 8.84. The summed E-state index contributed by atoms with van der Waals surface area (Å²) in [7, 11) is -13.9. The second kappa shape index (κ2) is 15.5. The Hall–Kier alpha value is -6.88. The van der Waals surface area contributed by atoms with E-state index in [2.05, 4.69) is 36.3 Å². The Morgan fingerprint density at radius 2 is 1.07 bits per heavy atom. The van der Waals surface area contributed by atoms with Crippen molar-refractivity contribution in [3.8, 4) is 0 Å². The Kier molecular flexibility index (Phi) is 10.6. The van der Waals surface area contributed by atoms with E-state index in [9.17, 15) is 48.5 Å². The number of anilines is 2. The molecule has 5 N–H and O–H groups in total. The zero-order valence-corrected chi connectivity index (χ0v) is 32.5. The van der Waals surface area contributed by atoms with Gasteiger partial charge in [0.2, 0.25) is 11.7 Å². The van der Waals surface area contributed by atoms with Gasteiger partial charge in [0.25, 0.3) is 30.4 Å². The lowest BCUT2D eigenvalue weighted by atomic mass is 9.95. The highest BCUT2D eigenvalue weighted by atomic mass is 32.2. The molecular weight excluding hydrogens is 827 g/mol. The number of hydrogen-bond donors (Lipinski definition) is 5. The average molecular weight is 854 g/mol. The third-order valence-corrected chi connectivity index (χ3v) is 11.3. The van der Waals surface area contributed by atoms with Crippen LogP contribution in [0.15, 0.2) is 149 Å². The predicted octanol–water partition coefficient (Wildman–Crippen LogP) is 7.93. The van der Waals surface area contributed by atoms with Crippen molar-refractivity contribution >= 4 is 110 Å². The van der Waals surface area contributed by atoms with Gasteiger partial charge in [0.15, 0.2) is 0 Å². The standard InChI is InChI=1S/C38H27N7O11S3/c1-21(46)39-23-3-5-24(6-4-23)40-41-33-13-15-35(31-19-26(58(51,52)53)8-11-29(31)33)42-43-36-16-14-34(30-12-9-27(20-32(30)36)59(54,55)56)44-45-38-28-10-7-25(57(48,49)50)18-22(28)2-17-37(38)47/h2-20,44H,1H3,(H,39,46)(H,48,49,50)(H,51,52,53)(H,54,55,56)/b41-40?,43-42?,45-38-. The van der Waals surface area contributed by atoms with Crippen molar-refractivity contribution in [3.05, 3.63) is 120 Å². The van der Waals surface area contributed by atoms with Crippen LogP contribution in [0.25, 0.3) is 27.6 Å². The van der Waals surface area contributed by atoms with E-state index in [-0.39, 0.29) is 49.9 Å². The van der Waals surface area contributed by atoms with Crippen LogP contribution in [0.3, 0.4) is 0 Å². The third-order valence-electron chi connectivity index (χ3n) is 8.74. The summed E-state index contributed by atoms with van der Waals surface area (Å²) in [6.45, 7) is 1.38. The van der Waals surface area contributed by atoms with Crippen LogP contribution in [-0.4, -0.2) is 56.3 Å². The van der Waals surface area contributed by atoms with E-state index in [1.807, 2.05) is 0 Å². The molecule has 0 atom stereocenters. The zero-order valence-electron chi connectivity index (χ0n) is 30.0. The minimum Gasteiger partial charge on any atom is -0.326 e. The molecule has 0 fully saturated rings. The maximum atomic E-state index is 12.9. The molecule has 0 saturated carbocycles. The lowest BCUT2D eigenvalue weighted by Crippen LogP contribution is -2.19. The van der Waals surface area contributed by atoms with E-state index >= 15 is 0 Å². The molecule has 6 aromatic rings. The number of hydrogen-bond acceptors (Lipinski definition) is 14. The number of amides is 1. The molecule has 0 aliphatic heterocycles. The number of allylic oxidation sites excluding steroid dienone is 1. The molecule has 0 spiro atoms. The Morgan fingerprint density at radius 3 is 1.66 bits per heavy atom. The van der Waals surface area contributed by atoms with E-state index in [0.29, 0.717) is 33.4 Å². The summed E-state index contributed by atoms with van der Waals surface area (Å²) >= 11 is 0. The van der Waals surface area contributed by atoms with Crippen LogP contribution in [0.2, 0.25) is 0 Å². The Morgan fingerprint density at radius 1 is 0.559 bits per heavy atom. The first kappa shape index (κ1) is 40.3.